The van der Waals surface area contributed by atoms with Crippen molar-refractivity contribution in [2.45, 2.75) is 32.6 Å². The van der Waals surface area contributed by atoms with Gasteiger partial charge in [-0.25, -0.2) is 5.84 Å². The quantitative estimate of drug-likeness (QED) is 0.579. The maximum absolute atomic E-state index is 5.58. The first kappa shape index (κ1) is 12.8. The van der Waals surface area contributed by atoms with E-state index in [1.54, 1.807) is 0 Å². The molecule has 1 aromatic rings. The standard InChI is InChI=1S/C11H19N5O2/c1-2-17-10-13-9(16-12)14-11(15-10)18-7-8-5-3-4-6-8/h8H,2-7,12H2,1H3,(H,13,14,15,16). The highest BCUT2D eigenvalue weighted by atomic mass is 16.5. The normalized spacial score (nSPS) is 15.7. The highest BCUT2D eigenvalue weighted by molar-refractivity contribution is 5.25. The molecule has 0 spiro atoms. The Bertz CT molecular complexity index is 382. The molecule has 0 radical (unpaired) electrons. The Hall–Kier alpha value is -1.63. The van der Waals surface area contributed by atoms with E-state index in [1.807, 2.05) is 6.92 Å². The van der Waals surface area contributed by atoms with Crippen molar-refractivity contribution in [2.75, 3.05) is 18.6 Å². The molecule has 0 atom stereocenters. The van der Waals surface area contributed by atoms with Crippen LogP contribution in [-0.2, 0) is 0 Å². The smallest absolute Gasteiger partial charge is 0.324 e. The number of nitrogens with one attached hydrogen (secondary N) is 1. The van der Waals surface area contributed by atoms with Crippen LogP contribution in [0, 0.1) is 5.92 Å². The summed E-state index contributed by atoms with van der Waals surface area (Å²) in [5.74, 6) is 6.14. The number of nitrogen functional groups attached to an aromatic ring is 1. The molecule has 2 rings (SSSR count). The summed E-state index contributed by atoms with van der Waals surface area (Å²) in [6.45, 7) is 2.98. The number of hydrazine groups is 1. The monoisotopic (exact) mass is 253 g/mol. The third-order valence-electron chi connectivity index (χ3n) is 2.92. The summed E-state index contributed by atoms with van der Waals surface area (Å²) in [5.41, 5.74) is 2.37. The molecule has 0 aliphatic heterocycles. The molecule has 1 fully saturated rings. The van der Waals surface area contributed by atoms with E-state index in [2.05, 4.69) is 20.4 Å². The first-order valence-corrected chi connectivity index (χ1v) is 6.30. The molecule has 7 nitrogen and oxygen atoms in total. The number of nitrogens with zero attached hydrogens (tertiary/aromatic N) is 3. The Kier molecular flexibility index (Phi) is 4.52. The van der Waals surface area contributed by atoms with E-state index in [4.69, 9.17) is 15.3 Å². The van der Waals surface area contributed by atoms with Crippen molar-refractivity contribution in [2.24, 2.45) is 11.8 Å². The molecule has 1 saturated carbocycles. The van der Waals surface area contributed by atoms with E-state index < -0.39 is 0 Å². The second-order valence-corrected chi connectivity index (χ2v) is 4.26. The fraction of sp³-hybridized carbons (Fsp3) is 0.727. The van der Waals surface area contributed by atoms with Crippen LogP contribution in [0.25, 0.3) is 0 Å². The summed E-state index contributed by atoms with van der Waals surface area (Å²) in [5, 5.41) is 0. The summed E-state index contributed by atoms with van der Waals surface area (Å²) in [4.78, 5) is 12.1. The molecule has 0 saturated heterocycles. The van der Waals surface area contributed by atoms with E-state index in [-0.39, 0.29) is 18.0 Å². The highest BCUT2D eigenvalue weighted by Gasteiger charge is 2.17. The van der Waals surface area contributed by atoms with Gasteiger partial charge in [-0.1, -0.05) is 12.8 Å². The Morgan fingerprint density at radius 3 is 2.44 bits per heavy atom. The summed E-state index contributed by atoms with van der Waals surface area (Å²) >= 11 is 0. The summed E-state index contributed by atoms with van der Waals surface area (Å²) in [6.07, 6.45) is 4.99. The number of ether oxygens (including phenoxy) is 2. The van der Waals surface area contributed by atoms with Crippen molar-refractivity contribution < 1.29 is 9.47 Å². The van der Waals surface area contributed by atoms with Gasteiger partial charge >= 0.3 is 12.0 Å². The second kappa shape index (κ2) is 6.34. The van der Waals surface area contributed by atoms with Gasteiger partial charge in [0.15, 0.2) is 0 Å². The molecule has 0 amide bonds. The molecule has 7 heteroatoms. The van der Waals surface area contributed by atoms with Gasteiger partial charge in [-0.3, -0.25) is 5.43 Å². The minimum absolute atomic E-state index is 0.224. The Morgan fingerprint density at radius 2 is 1.83 bits per heavy atom. The SMILES string of the molecule is CCOc1nc(NN)nc(OCC2CCCC2)n1. The molecule has 18 heavy (non-hydrogen) atoms. The molecular weight excluding hydrogens is 234 g/mol. The van der Waals surface area contributed by atoms with E-state index in [1.165, 1.54) is 25.7 Å². The van der Waals surface area contributed by atoms with E-state index in [0.29, 0.717) is 19.1 Å². The van der Waals surface area contributed by atoms with Gasteiger partial charge in [-0.05, 0) is 25.7 Å². The van der Waals surface area contributed by atoms with Crippen molar-refractivity contribution in [1.29, 1.82) is 0 Å². The number of anilines is 1. The van der Waals surface area contributed by atoms with Crippen LogP contribution in [-0.4, -0.2) is 28.2 Å². The van der Waals surface area contributed by atoms with Gasteiger partial charge in [-0.15, -0.1) is 4.98 Å². The molecule has 1 aliphatic rings. The fourth-order valence-corrected chi connectivity index (χ4v) is 2.03. The number of aromatic nitrogens is 3. The fourth-order valence-electron chi connectivity index (χ4n) is 2.03. The summed E-state index contributed by atoms with van der Waals surface area (Å²) in [7, 11) is 0. The molecule has 1 aliphatic carbocycles. The molecular formula is C11H19N5O2. The van der Waals surface area contributed by atoms with Crippen LogP contribution in [0.4, 0.5) is 5.95 Å². The maximum atomic E-state index is 5.58. The van der Waals surface area contributed by atoms with Crippen molar-refractivity contribution in [3.8, 4) is 12.0 Å². The summed E-state index contributed by atoms with van der Waals surface area (Å²) in [6, 6.07) is 0.482. The van der Waals surface area contributed by atoms with Gasteiger partial charge in [0, 0.05) is 0 Å². The Balaban J connectivity index is 1.98. The number of hydrogen-bond acceptors (Lipinski definition) is 7. The lowest BCUT2D eigenvalue weighted by Crippen LogP contribution is -2.15. The third-order valence-corrected chi connectivity index (χ3v) is 2.92. The largest absolute Gasteiger partial charge is 0.464 e. The van der Waals surface area contributed by atoms with Gasteiger partial charge in [-0.2, -0.15) is 9.97 Å². The van der Waals surface area contributed by atoms with E-state index in [9.17, 15) is 0 Å². The Labute approximate surface area is 106 Å². The molecule has 100 valence electrons. The number of nitrogens with two attached hydrogens (primary N) is 1. The summed E-state index contributed by atoms with van der Waals surface area (Å²) < 4.78 is 10.8. The predicted octanol–water partition coefficient (Wildman–Crippen LogP) is 1.12. The third kappa shape index (κ3) is 3.43. The maximum Gasteiger partial charge on any atom is 0.324 e. The Morgan fingerprint density at radius 1 is 1.17 bits per heavy atom. The molecule has 1 aromatic heterocycles. The van der Waals surface area contributed by atoms with Crippen molar-refractivity contribution in [3.05, 3.63) is 0 Å². The van der Waals surface area contributed by atoms with Crippen LogP contribution in [0.2, 0.25) is 0 Å². The number of rotatable bonds is 6. The lowest BCUT2D eigenvalue weighted by molar-refractivity contribution is 0.226. The second-order valence-electron chi connectivity index (χ2n) is 4.26. The highest BCUT2D eigenvalue weighted by Crippen LogP contribution is 2.25. The van der Waals surface area contributed by atoms with Crippen LogP contribution in [0.1, 0.15) is 32.6 Å². The van der Waals surface area contributed by atoms with Crippen molar-refractivity contribution >= 4 is 5.95 Å². The predicted molar refractivity (Wildman–Crippen MR) is 66.3 cm³/mol. The van der Waals surface area contributed by atoms with Gasteiger partial charge in [0.2, 0.25) is 5.95 Å². The molecule has 0 unspecified atom stereocenters. The minimum Gasteiger partial charge on any atom is -0.464 e. The minimum atomic E-state index is 0.224. The van der Waals surface area contributed by atoms with E-state index in [0.717, 1.165) is 0 Å². The van der Waals surface area contributed by atoms with Crippen LogP contribution in [0.5, 0.6) is 12.0 Å². The average Bonchev–Trinajstić information content (AvgIpc) is 2.89. The lowest BCUT2D eigenvalue weighted by Gasteiger charge is -2.11. The van der Waals surface area contributed by atoms with Crippen molar-refractivity contribution in [3.63, 3.8) is 0 Å². The van der Waals surface area contributed by atoms with E-state index >= 15 is 0 Å². The van der Waals surface area contributed by atoms with Gasteiger partial charge in [0.05, 0.1) is 13.2 Å². The zero-order valence-corrected chi connectivity index (χ0v) is 10.6. The van der Waals surface area contributed by atoms with Crippen LogP contribution in [0.3, 0.4) is 0 Å². The van der Waals surface area contributed by atoms with Gasteiger partial charge in [0.25, 0.3) is 0 Å². The number of hydrogen-bond donors (Lipinski definition) is 2. The zero-order valence-electron chi connectivity index (χ0n) is 10.6. The average molecular weight is 253 g/mol. The first-order chi connectivity index (χ1) is 8.81. The zero-order chi connectivity index (χ0) is 12.8. The van der Waals surface area contributed by atoms with Gasteiger partial charge in [0.1, 0.15) is 0 Å². The molecule has 1 heterocycles. The molecule has 0 aromatic carbocycles. The molecule has 0 bridgehead atoms. The van der Waals surface area contributed by atoms with Gasteiger partial charge < -0.3 is 9.47 Å². The first-order valence-electron chi connectivity index (χ1n) is 6.30. The van der Waals surface area contributed by atoms with Crippen molar-refractivity contribution in [1.82, 2.24) is 15.0 Å². The topological polar surface area (TPSA) is 95.2 Å². The molecule has 3 N–H and O–H groups in total. The van der Waals surface area contributed by atoms with Crippen LogP contribution >= 0.6 is 0 Å². The lowest BCUT2D eigenvalue weighted by atomic mass is 10.1. The van der Waals surface area contributed by atoms with Crippen LogP contribution < -0.4 is 20.7 Å². The van der Waals surface area contributed by atoms with Crippen LogP contribution in [0.15, 0.2) is 0 Å².